The first-order valence-electron chi connectivity index (χ1n) is 6.57. The fourth-order valence-corrected chi connectivity index (χ4v) is 2.17. The van der Waals surface area contributed by atoms with Gasteiger partial charge in [0.15, 0.2) is 0 Å². The van der Waals surface area contributed by atoms with Crippen LogP contribution in [0.25, 0.3) is 0 Å². The van der Waals surface area contributed by atoms with Crippen LogP contribution in [0, 0.1) is 0 Å². The van der Waals surface area contributed by atoms with Crippen LogP contribution in [0.2, 0.25) is 0 Å². The van der Waals surface area contributed by atoms with Crippen LogP contribution in [0.15, 0.2) is 22.7 Å². The van der Waals surface area contributed by atoms with Crippen LogP contribution in [-0.2, 0) is 11.3 Å². The van der Waals surface area contributed by atoms with Crippen molar-refractivity contribution in [1.82, 2.24) is 5.32 Å². The highest BCUT2D eigenvalue weighted by Crippen LogP contribution is 2.25. The second kappa shape index (κ2) is 8.94. The number of carbonyl (C=O) groups excluding carboxylic acids is 1. The molecule has 0 bridgehead atoms. The predicted octanol–water partition coefficient (Wildman–Crippen LogP) is 2.88. The van der Waals surface area contributed by atoms with Gasteiger partial charge in [0.05, 0.1) is 12.7 Å². The minimum atomic E-state index is -0.370. The number of methoxy groups -OCH3 is 1. The molecule has 6 heteroatoms. The Morgan fingerprint density at radius 2 is 2.25 bits per heavy atom. The molecular weight excluding hydrogens is 324 g/mol. The van der Waals surface area contributed by atoms with E-state index in [-0.39, 0.29) is 12.1 Å². The number of halogens is 1. The van der Waals surface area contributed by atoms with Crippen LogP contribution in [-0.4, -0.2) is 30.9 Å². The normalized spacial score (nSPS) is 12.0. The fourth-order valence-electron chi connectivity index (χ4n) is 1.69. The van der Waals surface area contributed by atoms with E-state index in [9.17, 15) is 9.90 Å². The van der Waals surface area contributed by atoms with E-state index < -0.39 is 0 Å². The lowest BCUT2D eigenvalue weighted by atomic mass is 10.2. The molecule has 0 aliphatic rings. The number of aliphatic hydroxyl groups excluding tert-OH is 1. The molecule has 0 saturated heterocycles. The van der Waals surface area contributed by atoms with E-state index in [2.05, 4.69) is 26.6 Å². The Bertz CT molecular complexity index is 440. The lowest BCUT2D eigenvalue weighted by Gasteiger charge is -2.13. The molecule has 0 saturated carbocycles. The van der Waals surface area contributed by atoms with Gasteiger partial charge in [-0.15, -0.1) is 0 Å². The largest absolute Gasteiger partial charge is 0.393 e. The molecule has 0 fully saturated rings. The second-order valence-corrected chi connectivity index (χ2v) is 5.28. The summed E-state index contributed by atoms with van der Waals surface area (Å²) in [6, 6.07) is 5.28. The Balaban J connectivity index is 2.55. The Morgan fingerprint density at radius 1 is 1.50 bits per heavy atom. The number of nitrogens with one attached hydrogen (secondary N) is 2. The highest BCUT2D eigenvalue weighted by atomic mass is 79.9. The number of anilines is 1. The SMILES string of the molecule is CCC(O)CCNC(=O)Nc1cccc(Br)c1COC. The number of rotatable bonds is 7. The van der Waals surface area contributed by atoms with Gasteiger partial charge in [-0.3, -0.25) is 0 Å². The van der Waals surface area contributed by atoms with Crippen LogP contribution in [0.5, 0.6) is 0 Å². The molecule has 1 aromatic carbocycles. The van der Waals surface area contributed by atoms with E-state index in [1.54, 1.807) is 7.11 Å². The quantitative estimate of drug-likeness (QED) is 0.712. The number of benzene rings is 1. The molecule has 5 nitrogen and oxygen atoms in total. The molecule has 20 heavy (non-hydrogen) atoms. The maximum atomic E-state index is 11.8. The van der Waals surface area contributed by atoms with Crippen molar-refractivity contribution >= 4 is 27.6 Å². The summed E-state index contributed by atoms with van der Waals surface area (Å²) in [4.78, 5) is 11.8. The van der Waals surface area contributed by atoms with Gasteiger partial charge in [0, 0.05) is 29.4 Å². The van der Waals surface area contributed by atoms with Crippen molar-refractivity contribution in [2.24, 2.45) is 0 Å². The molecule has 2 amide bonds. The average Bonchev–Trinajstić information content (AvgIpc) is 2.42. The molecule has 0 aromatic heterocycles. The van der Waals surface area contributed by atoms with Crippen molar-refractivity contribution in [1.29, 1.82) is 0 Å². The number of aliphatic hydroxyl groups is 1. The summed E-state index contributed by atoms with van der Waals surface area (Å²) in [7, 11) is 1.61. The molecule has 1 atom stereocenters. The smallest absolute Gasteiger partial charge is 0.319 e. The van der Waals surface area contributed by atoms with Crippen LogP contribution < -0.4 is 10.6 Å². The Morgan fingerprint density at radius 3 is 2.90 bits per heavy atom. The summed E-state index contributed by atoms with van der Waals surface area (Å²) in [5.41, 5.74) is 1.59. The summed E-state index contributed by atoms with van der Waals surface area (Å²) in [5.74, 6) is 0. The van der Waals surface area contributed by atoms with Crippen molar-refractivity contribution < 1.29 is 14.6 Å². The van der Waals surface area contributed by atoms with E-state index in [1.165, 1.54) is 0 Å². The summed E-state index contributed by atoms with van der Waals surface area (Å²) < 4.78 is 6.01. The Hall–Kier alpha value is -1.11. The van der Waals surface area contributed by atoms with Crippen LogP contribution in [0.3, 0.4) is 0 Å². The molecule has 0 radical (unpaired) electrons. The van der Waals surface area contributed by atoms with E-state index in [4.69, 9.17) is 4.74 Å². The zero-order valence-electron chi connectivity index (χ0n) is 11.8. The molecule has 1 unspecified atom stereocenters. The second-order valence-electron chi connectivity index (χ2n) is 4.43. The van der Waals surface area contributed by atoms with Gasteiger partial charge in [0.1, 0.15) is 0 Å². The van der Waals surface area contributed by atoms with Gasteiger partial charge in [-0.2, -0.15) is 0 Å². The molecule has 3 N–H and O–H groups in total. The number of ether oxygens (including phenoxy) is 1. The van der Waals surface area contributed by atoms with Crippen molar-refractivity contribution in [3.63, 3.8) is 0 Å². The Labute approximate surface area is 127 Å². The zero-order valence-corrected chi connectivity index (χ0v) is 13.4. The molecule has 0 aliphatic heterocycles. The minimum absolute atomic E-state index is 0.288. The molecule has 0 aliphatic carbocycles. The zero-order chi connectivity index (χ0) is 15.0. The van der Waals surface area contributed by atoms with Crippen LogP contribution in [0.1, 0.15) is 25.3 Å². The van der Waals surface area contributed by atoms with Gasteiger partial charge in [-0.1, -0.05) is 28.9 Å². The first kappa shape index (κ1) is 16.9. The summed E-state index contributed by atoms with van der Waals surface area (Å²) in [5, 5.41) is 14.9. The van der Waals surface area contributed by atoms with Crippen LogP contribution >= 0.6 is 15.9 Å². The number of hydrogen-bond donors (Lipinski definition) is 3. The van der Waals surface area contributed by atoms with E-state index in [1.807, 2.05) is 25.1 Å². The monoisotopic (exact) mass is 344 g/mol. The molecule has 112 valence electrons. The lowest BCUT2D eigenvalue weighted by molar-refractivity contribution is 0.160. The summed E-state index contributed by atoms with van der Waals surface area (Å²) in [6.07, 6.45) is 0.866. The third-order valence-corrected chi connectivity index (χ3v) is 3.63. The number of amides is 2. The maximum Gasteiger partial charge on any atom is 0.319 e. The molecule has 1 rings (SSSR count). The molecule has 1 aromatic rings. The van der Waals surface area contributed by atoms with Gasteiger partial charge in [-0.25, -0.2) is 4.79 Å². The topological polar surface area (TPSA) is 70.6 Å². The van der Waals surface area contributed by atoms with E-state index in [0.29, 0.717) is 31.7 Å². The molecule has 0 heterocycles. The highest BCUT2D eigenvalue weighted by Gasteiger charge is 2.09. The Kier molecular flexibility index (Phi) is 7.58. The first-order valence-corrected chi connectivity index (χ1v) is 7.37. The summed E-state index contributed by atoms with van der Waals surface area (Å²) >= 11 is 3.43. The van der Waals surface area contributed by atoms with E-state index >= 15 is 0 Å². The number of urea groups is 1. The van der Waals surface area contributed by atoms with Crippen molar-refractivity contribution in [3.8, 4) is 0 Å². The van der Waals surface area contributed by atoms with Gasteiger partial charge < -0.3 is 20.5 Å². The predicted molar refractivity (Wildman–Crippen MR) is 82.8 cm³/mol. The molecular formula is C14H21BrN2O3. The maximum absolute atomic E-state index is 11.8. The fraction of sp³-hybridized carbons (Fsp3) is 0.500. The van der Waals surface area contributed by atoms with Crippen LogP contribution in [0.4, 0.5) is 10.5 Å². The highest BCUT2D eigenvalue weighted by molar-refractivity contribution is 9.10. The minimum Gasteiger partial charge on any atom is -0.393 e. The van der Waals surface area contributed by atoms with Crippen molar-refractivity contribution in [2.75, 3.05) is 19.0 Å². The first-order chi connectivity index (χ1) is 9.58. The van der Waals surface area contributed by atoms with Gasteiger partial charge in [0.25, 0.3) is 0 Å². The number of hydrogen-bond acceptors (Lipinski definition) is 3. The van der Waals surface area contributed by atoms with Gasteiger partial charge in [0.2, 0.25) is 0 Å². The third kappa shape index (κ3) is 5.48. The van der Waals surface area contributed by atoms with Gasteiger partial charge in [-0.05, 0) is 25.0 Å². The third-order valence-electron chi connectivity index (χ3n) is 2.89. The summed E-state index contributed by atoms with van der Waals surface area (Å²) in [6.45, 7) is 2.75. The standard InChI is InChI=1S/C14H21BrN2O3/c1-3-10(18)7-8-16-14(19)17-13-6-4-5-12(15)11(13)9-20-2/h4-6,10,18H,3,7-9H2,1-2H3,(H2,16,17,19). The molecule has 0 spiro atoms. The van der Waals surface area contributed by atoms with Crippen molar-refractivity contribution in [3.05, 3.63) is 28.2 Å². The lowest BCUT2D eigenvalue weighted by Crippen LogP contribution is -2.31. The number of carbonyl (C=O) groups is 1. The van der Waals surface area contributed by atoms with Gasteiger partial charge >= 0.3 is 6.03 Å². The van der Waals surface area contributed by atoms with Crippen molar-refractivity contribution in [2.45, 2.75) is 32.5 Å². The van der Waals surface area contributed by atoms with E-state index in [0.717, 1.165) is 10.0 Å². The average molecular weight is 345 g/mol.